The van der Waals surface area contributed by atoms with Crippen molar-refractivity contribution in [3.05, 3.63) is 65.9 Å². The molecule has 0 bridgehead atoms. The third-order valence-electron chi connectivity index (χ3n) is 5.59. The molecule has 0 spiro atoms. The maximum absolute atomic E-state index is 10.7. The highest BCUT2D eigenvalue weighted by atomic mass is 16.5. The summed E-state index contributed by atoms with van der Waals surface area (Å²) in [6, 6.07) is 17.5. The van der Waals surface area contributed by atoms with Crippen LogP contribution in [-0.4, -0.2) is 58.3 Å². The maximum Gasteiger partial charge on any atom is 0.227 e. The Hall–Kier alpha value is -2.87. The average molecular weight is 496 g/mol. The molecule has 1 atom stereocenters. The third kappa shape index (κ3) is 8.08. The fourth-order valence-electron chi connectivity index (χ4n) is 3.97. The van der Waals surface area contributed by atoms with Crippen molar-refractivity contribution < 1.29 is 19.3 Å². The van der Waals surface area contributed by atoms with E-state index in [1.807, 2.05) is 87.0 Å². The molecule has 196 valence electrons. The number of aromatic nitrogens is 2. The molecule has 36 heavy (non-hydrogen) atoms. The number of aliphatic hydroxyl groups excluding tert-OH is 1. The molecule has 0 saturated carbocycles. The Morgan fingerprint density at radius 2 is 1.61 bits per heavy atom. The number of para-hydroxylation sites is 1. The quantitative estimate of drug-likeness (QED) is 0.352. The summed E-state index contributed by atoms with van der Waals surface area (Å²) in [5, 5.41) is 15.6. The third-order valence-corrected chi connectivity index (χ3v) is 5.59. The van der Waals surface area contributed by atoms with Gasteiger partial charge in [0.25, 0.3) is 0 Å². The van der Waals surface area contributed by atoms with Crippen LogP contribution in [0.1, 0.15) is 45.9 Å². The molecule has 0 aliphatic carbocycles. The molecule has 0 unspecified atom stereocenters. The number of rotatable bonds is 12. The zero-order chi connectivity index (χ0) is 26.3. The van der Waals surface area contributed by atoms with Crippen LogP contribution in [0.4, 0.5) is 0 Å². The van der Waals surface area contributed by atoms with Gasteiger partial charge in [-0.3, -0.25) is 4.90 Å². The van der Waals surface area contributed by atoms with Crippen LogP contribution in [0.5, 0.6) is 17.4 Å². The summed E-state index contributed by atoms with van der Waals surface area (Å²) in [5.41, 5.74) is 2.50. The van der Waals surface area contributed by atoms with Crippen LogP contribution < -0.4 is 9.47 Å². The smallest absolute Gasteiger partial charge is 0.227 e. The molecule has 0 aliphatic rings. The minimum absolute atomic E-state index is 0.287. The molecular formula is C29H41N3O4. The van der Waals surface area contributed by atoms with Crippen molar-refractivity contribution in [3.8, 4) is 23.1 Å². The fraction of sp³-hybridized carbons (Fsp3) is 0.483. The lowest BCUT2D eigenvalue weighted by atomic mass is 10.1. The Labute approximate surface area is 215 Å². The molecule has 0 saturated heterocycles. The summed E-state index contributed by atoms with van der Waals surface area (Å²) in [5.74, 6) is 2.56. The molecule has 1 heterocycles. The van der Waals surface area contributed by atoms with E-state index in [1.165, 1.54) is 0 Å². The van der Waals surface area contributed by atoms with Gasteiger partial charge in [0.15, 0.2) is 0 Å². The van der Waals surface area contributed by atoms with Gasteiger partial charge in [0.1, 0.15) is 11.5 Å². The van der Waals surface area contributed by atoms with Crippen LogP contribution in [0.15, 0.2) is 54.6 Å². The van der Waals surface area contributed by atoms with Gasteiger partial charge < -0.3 is 19.3 Å². The molecule has 0 radical (unpaired) electrons. The van der Waals surface area contributed by atoms with Crippen molar-refractivity contribution in [1.29, 1.82) is 0 Å². The first-order valence-electron chi connectivity index (χ1n) is 12.6. The van der Waals surface area contributed by atoms with Crippen molar-refractivity contribution in [1.82, 2.24) is 14.7 Å². The van der Waals surface area contributed by atoms with E-state index in [-0.39, 0.29) is 12.2 Å². The molecule has 7 heteroatoms. The van der Waals surface area contributed by atoms with Gasteiger partial charge in [-0.25, -0.2) is 4.68 Å². The fourth-order valence-corrected chi connectivity index (χ4v) is 3.97. The molecule has 0 amide bonds. The number of nitrogens with zero attached hydrogens (tertiary/aromatic N) is 3. The highest BCUT2D eigenvalue weighted by Crippen LogP contribution is 2.32. The molecule has 1 aromatic heterocycles. The van der Waals surface area contributed by atoms with Gasteiger partial charge in [0.05, 0.1) is 42.4 Å². The number of aliphatic hydroxyl groups is 1. The first-order chi connectivity index (χ1) is 17.1. The number of ether oxygens (including phenoxy) is 3. The van der Waals surface area contributed by atoms with Gasteiger partial charge in [0.2, 0.25) is 5.88 Å². The summed E-state index contributed by atoms with van der Waals surface area (Å²) < 4.78 is 19.4. The number of aryl methyl sites for hydroxylation is 1. The number of hydrogen-bond acceptors (Lipinski definition) is 6. The Bertz CT molecular complexity index is 1070. The van der Waals surface area contributed by atoms with Crippen LogP contribution in [0, 0.1) is 12.8 Å². The van der Waals surface area contributed by atoms with Gasteiger partial charge in [-0.2, -0.15) is 5.10 Å². The first-order valence-corrected chi connectivity index (χ1v) is 12.6. The van der Waals surface area contributed by atoms with Crippen molar-refractivity contribution in [2.75, 3.05) is 26.8 Å². The SMILES string of the molecule is COc1ccc(Oc2c(CN(CC(C)C)C[C@@H](O)COC(C)(C)C)c(C)nn2-c2ccccc2)cc1. The van der Waals surface area contributed by atoms with Crippen molar-refractivity contribution in [2.45, 2.75) is 59.8 Å². The van der Waals surface area contributed by atoms with E-state index < -0.39 is 6.10 Å². The molecule has 2 aromatic carbocycles. The van der Waals surface area contributed by atoms with Crippen molar-refractivity contribution >= 4 is 0 Å². The molecule has 1 N–H and O–H groups in total. The lowest BCUT2D eigenvalue weighted by Crippen LogP contribution is -2.38. The van der Waals surface area contributed by atoms with E-state index in [9.17, 15) is 5.11 Å². The minimum Gasteiger partial charge on any atom is -0.497 e. The molecule has 0 aliphatic heterocycles. The molecule has 0 fully saturated rings. The van der Waals surface area contributed by atoms with E-state index >= 15 is 0 Å². The van der Waals surface area contributed by atoms with Gasteiger partial charge in [-0.15, -0.1) is 0 Å². The summed E-state index contributed by atoms with van der Waals surface area (Å²) in [6.45, 7) is 14.5. The number of methoxy groups -OCH3 is 1. The molecule has 7 nitrogen and oxygen atoms in total. The number of hydrogen-bond donors (Lipinski definition) is 1. The summed E-state index contributed by atoms with van der Waals surface area (Å²) in [4.78, 5) is 2.25. The molecular weight excluding hydrogens is 454 g/mol. The summed E-state index contributed by atoms with van der Waals surface area (Å²) in [7, 11) is 1.64. The zero-order valence-electron chi connectivity index (χ0n) is 22.7. The topological polar surface area (TPSA) is 69.0 Å². The largest absolute Gasteiger partial charge is 0.497 e. The van der Waals surface area contributed by atoms with Crippen molar-refractivity contribution in [3.63, 3.8) is 0 Å². The van der Waals surface area contributed by atoms with E-state index in [2.05, 4.69) is 18.7 Å². The summed E-state index contributed by atoms with van der Waals surface area (Å²) in [6.07, 6.45) is -0.599. The lowest BCUT2D eigenvalue weighted by molar-refractivity contribution is -0.0573. The Morgan fingerprint density at radius 1 is 0.972 bits per heavy atom. The van der Waals surface area contributed by atoms with Crippen LogP contribution in [0.3, 0.4) is 0 Å². The minimum atomic E-state index is -0.599. The predicted molar refractivity (Wildman–Crippen MR) is 143 cm³/mol. The van der Waals surface area contributed by atoms with Crippen molar-refractivity contribution in [2.24, 2.45) is 5.92 Å². The second-order valence-electron chi connectivity index (χ2n) is 10.6. The van der Waals surface area contributed by atoms with Crippen LogP contribution in [0.2, 0.25) is 0 Å². The van der Waals surface area contributed by atoms with Gasteiger partial charge in [0, 0.05) is 19.6 Å². The Kier molecular flexibility index (Phi) is 9.54. The predicted octanol–water partition coefficient (Wildman–Crippen LogP) is 5.62. The molecule has 3 rings (SSSR count). The lowest BCUT2D eigenvalue weighted by Gasteiger charge is -2.28. The Morgan fingerprint density at radius 3 is 2.19 bits per heavy atom. The Balaban J connectivity index is 1.93. The molecule has 3 aromatic rings. The average Bonchev–Trinajstić information content (AvgIpc) is 3.13. The van der Waals surface area contributed by atoms with Gasteiger partial charge in [-0.05, 0) is 70.0 Å². The second kappa shape index (κ2) is 12.4. The van der Waals surface area contributed by atoms with Gasteiger partial charge in [-0.1, -0.05) is 32.0 Å². The standard InChI is InChI=1S/C29H41N3O4/c1-21(2)17-31(18-24(33)20-35-29(4,5)6)19-27-22(3)30-32(23-11-9-8-10-12-23)28(27)36-26-15-13-25(34-7)14-16-26/h8-16,21,24,33H,17-20H2,1-7H3/t24-/m1/s1. The van der Waals surface area contributed by atoms with E-state index in [0.717, 1.165) is 29.2 Å². The van der Waals surface area contributed by atoms with Crippen LogP contribution in [0.25, 0.3) is 5.69 Å². The monoisotopic (exact) mass is 495 g/mol. The van der Waals surface area contributed by atoms with E-state index in [4.69, 9.17) is 19.3 Å². The second-order valence-corrected chi connectivity index (χ2v) is 10.6. The normalized spacial score (nSPS) is 12.8. The van der Waals surface area contributed by atoms with E-state index in [0.29, 0.717) is 30.6 Å². The van der Waals surface area contributed by atoms with Crippen LogP contribution in [-0.2, 0) is 11.3 Å². The highest BCUT2D eigenvalue weighted by molar-refractivity contribution is 5.44. The first kappa shape index (κ1) is 27.7. The summed E-state index contributed by atoms with van der Waals surface area (Å²) >= 11 is 0. The zero-order valence-corrected chi connectivity index (χ0v) is 22.7. The van der Waals surface area contributed by atoms with E-state index in [1.54, 1.807) is 7.11 Å². The highest BCUT2D eigenvalue weighted by Gasteiger charge is 2.24. The number of benzene rings is 2. The van der Waals surface area contributed by atoms with Gasteiger partial charge >= 0.3 is 0 Å². The van der Waals surface area contributed by atoms with Crippen LogP contribution >= 0.6 is 0 Å². The maximum atomic E-state index is 10.7.